The Morgan fingerprint density at radius 3 is 2.62 bits per heavy atom. The van der Waals surface area contributed by atoms with Crippen LogP contribution in [0.15, 0.2) is 30.3 Å². The second-order valence-corrected chi connectivity index (χ2v) is 13.6. The molecule has 0 amide bonds. The highest BCUT2D eigenvalue weighted by molar-refractivity contribution is 6.03. The van der Waals surface area contributed by atoms with Crippen LogP contribution in [0.1, 0.15) is 58.4 Å². The van der Waals surface area contributed by atoms with E-state index >= 15 is 8.78 Å². The average molecular weight is 621 g/mol. The predicted molar refractivity (Wildman–Crippen MR) is 168 cm³/mol. The van der Waals surface area contributed by atoms with Crippen molar-refractivity contribution in [2.45, 2.75) is 70.4 Å². The van der Waals surface area contributed by atoms with Crippen LogP contribution in [0.5, 0.6) is 11.8 Å². The van der Waals surface area contributed by atoms with Gasteiger partial charge in [-0.1, -0.05) is 19.9 Å². The molecule has 3 saturated heterocycles. The Hall–Kier alpha value is -3.63. The quantitative estimate of drug-likeness (QED) is 0.247. The minimum absolute atomic E-state index is 0.0130. The summed E-state index contributed by atoms with van der Waals surface area (Å²) >= 11 is 0. The number of aliphatic hydroxyl groups is 1. The number of hydrogen-bond acceptors (Lipinski definition) is 7. The first-order valence-electron chi connectivity index (χ1n) is 16.0. The number of aromatic hydroxyl groups is 1. The number of ether oxygens (including phenoxy) is 1. The summed E-state index contributed by atoms with van der Waals surface area (Å²) in [6.45, 7) is 8.89. The zero-order valence-corrected chi connectivity index (χ0v) is 26.0. The van der Waals surface area contributed by atoms with Crippen molar-refractivity contribution in [1.82, 2.24) is 14.9 Å². The molecule has 1 aromatic heterocycles. The van der Waals surface area contributed by atoms with E-state index in [0.29, 0.717) is 54.1 Å². The standard InChI is InChI=1S/C35H39F3N4O3/c1-4-23-26(36)8-7-21-13-22(43)14-24(28(21)23)29-27(37)15-25-31(30(29)38)39-33(40-32(25)41-11-5-9-34(3,44)18-41)45-19-35-10-6-12-42(35)17-20(2)16-35/h7-8,13-15,20,43-44H,4-6,9-12,16-19H2,1-3H3/t20-,34-,35+/m1/s1. The molecule has 4 heterocycles. The maximum atomic E-state index is 16.9. The fourth-order valence-corrected chi connectivity index (χ4v) is 8.18. The molecule has 0 aliphatic carbocycles. The van der Waals surface area contributed by atoms with Gasteiger partial charge in [0, 0.05) is 25.0 Å². The van der Waals surface area contributed by atoms with Crippen LogP contribution < -0.4 is 9.64 Å². The van der Waals surface area contributed by atoms with Gasteiger partial charge in [-0.3, -0.25) is 4.90 Å². The van der Waals surface area contributed by atoms with Crippen LogP contribution in [0, 0.1) is 23.4 Å². The lowest BCUT2D eigenvalue weighted by Crippen LogP contribution is -2.46. The molecule has 0 unspecified atom stereocenters. The van der Waals surface area contributed by atoms with E-state index in [1.807, 2.05) is 4.90 Å². The Kier molecular flexibility index (Phi) is 7.35. The Labute approximate surface area is 260 Å². The molecule has 10 heteroatoms. The Balaban J connectivity index is 1.41. The van der Waals surface area contributed by atoms with Crippen molar-refractivity contribution >= 4 is 27.5 Å². The maximum Gasteiger partial charge on any atom is 0.319 e. The molecule has 3 fully saturated rings. The van der Waals surface area contributed by atoms with Crippen LogP contribution >= 0.6 is 0 Å². The first kappa shape index (κ1) is 30.0. The van der Waals surface area contributed by atoms with Gasteiger partial charge in [-0.2, -0.15) is 9.97 Å². The van der Waals surface area contributed by atoms with Crippen LogP contribution in [0.4, 0.5) is 19.0 Å². The number of benzene rings is 3. The highest BCUT2D eigenvalue weighted by Crippen LogP contribution is 2.44. The number of aromatic nitrogens is 2. The molecule has 0 radical (unpaired) electrons. The van der Waals surface area contributed by atoms with Crippen LogP contribution in [0.2, 0.25) is 0 Å². The lowest BCUT2D eigenvalue weighted by molar-refractivity contribution is 0.0447. The first-order valence-corrected chi connectivity index (χ1v) is 16.0. The molecule has 45 heavy (non-hydrogen) atoms. The van der Waals surface area contributed by atoms with Crippen molar-refractivity contribution in [2.75, 3.05) is 37.7 Å². The molecule has 4 aromatic rings. The van der Waals surface area contributed by atoms with Crippen molar-refractivity contribution in [3.8, 4) is 22.9 Å². The Morgan fingerprint density at radius 1 is 1.04 bits per heavy atom. The van der Waals surface area contributed by atoms with Gasteiger partial charge in [-0.15, -0.1) is 0 Å². The van der Waals surface area contributed by atoms with Gasteiger partial charge in [0.15, 0.2) is 5.82 Å². The molecule has 7 nitrogen and oxygen atoms in total. The van der Waals surface area contributed by atoms with Crippen LogP contribution in [0.25, 0.3) is 32.8 Å². The van der Waals surface area contributed by atoms with Gasteiger partial charge in [-0.05, 0) is 104 Å². The largest absolute Gasteiger partial charge is 0.508 e. The number of hydrogen-bond donors (Lipinski definition) is 2. The first-order chi connectivity index (χ1) is 21.5. The maximum absolute atomic E-state index is 16.9. The van der Waals surface area contributed by atoms with E-state index in [-0.39, 0.29) is 46.7 Å². The lowest BCUT2D eigenvalue weighted by atomic mass is 9.91. The monoisotopic (exact) mass is 620 g/mol. The summed E-state index contributed by atoms with van der Waals surface area (Å²) in [4.78, 5) is 13.5. The summed E-state index contributed by atoms with van der Waals surface area (Å²) in [7, 11) is 0. The van der Waals surface area contributed by atoms with Crippen molar-refractivity contribution in [3.63, 3.8) is 0 Å². The number of phenolic OH excluding ortho intramolecular Hbond substituents is 1. The van der Waals surface area contributed by atoms with E-state index < -0.39 is 28.6 Å². The summed E-state index contributed by atoms with van der Waals surface area (Å²) in [6.07, 6.45) is 4.63. The summed E-state index contributed by atoms with van der Waals surface area (Å²) in [5.74, 6) is -1.69. The number of fused-ring (bicyclic) bond motifs is 3. The van der Waals surface area contributed by atoms with Gasteiger partial charge in [-0.25, -0.2) is 13.2 Å². The van der Waals surface area contributed by atoms with E-state index in [1.54, 1.807) is 13.8 Å². The molecule has 238 valence electrons. The smallest absolute Gasteiger partial charge is 0.319 e. The zero-order chi connectivity index (χ0) is 31.7. The fraction of sp³-hybridized carbons (Fsp3) is 0.486. The molecule has 0 bridgehead atoms. The number of β-amino-alcohol motifs (C(OH)–C–C–N with tert-alkyl or cyclic N) is 1. The zero-order valence-electron chi connectivity index (χ0n) is 26.0. The number of phenols is 1. The number of anilines is 1. The van der Waals surface area contributed by atoms with Crippen molar-refractivity contribution in [3.05, 3.63) is 53.3 Å². The van der Waals surface area contributed by atoms with Crippen LogP contribution in [0.3, 0.4) is 0 Å². The average Bonchev–Trinajstić information content (AvgIpc) is 3.51. The fourth-order valence-electron chi connectivity index (χ4n) is 8.18. The van der Waals surface area contributed by atoms with E-state index in [2.05, 4.69) is 16.8 Å². The third-order valence-electron chi connectivity index (χ3n) is 10.1. The van der Waals surface area contributed by atoms with Crippen LogP contribution in [-0.4, -0.2) is 69.0 Å². The number of halogens is 3. The second-order valence-electron chi connectivity index (χ2n) is 13.6. The topological polar surface area (TPSA) is 82.0 Å². The summed E-state index contributed by atoms with van der Waals surface area (Å²) in [5, 5.41) is 22.4. The van der Waals surface area contributed by atoms with Crippen LogP contribution in [-0.2, 0) is 6.42 Å². The molecule has 3 aromatic carbocycles. The summed E-state index contributed by atoms with van der Waals surface area (Å²) in [5.41, 5.74) is -1.32. The molecular formula is C35H39F3N4O3. The van der Waals surface area contributed by atoms with Gasteiger partial charge < -0.3 is 19.8 Å². The third-order valence-corrected chi connectivity index (χ3v) is 10.1. The van der Waals surface area contributed by atoms with Crippen molar-refractivity contribution in [2.24, 2.45) is 5.92 Å². The van der Waals surface area contributed by atoms with Gasteiger partial charge >= 0.3 is 6.01 Å². The van der Waals surface area contributed by atoms with Gasteiger partial charge in [0.05, 0.1) is 16.7 Å². The molecule has 3 aliphatic rings. The molecular weight excluding hydrogens is 581 g/mol. The summed E-state index contributed by atoms with van der Waals surface area (Å²) < 4.78 is 54.3. The van der Waals surface area contributed by atoms with Gasteiger partial charge in [0.1, 0.15) is 35.3 Å². The molecule has 3 aliphatic heterocycles. The third kappa shape index (κ3) is 5.16. The van der Waals surface area contributed by atoms with Crippen molar-refractivity contribution < 1.29 is 28.1 Å². The van der Waals surface area contributed by atoms with E-state index in [4.69, 9.17) is 9.72 Å². The number of aryl methyl sites for hydroxylation is 1. The second kappa shape index (κ2) is 11.0. The molecule has 0 saturated carbocycles. The molecule has 3 atom stereocenters. The number of rotatable bonds is 6. The lowest BCUT2D eigenvalue weighted by Gasteiger charge is -2.38. The molecule has 2 N–H and O–H groups in total. The molecule has 0 spiro atoms. The number of nitrogens with zero attached hydrogens (tertiary/aromatic N) is 4. The van der Waals surface area contributed by atoms with E-state index in [9.17, 15) is 14.6 Å². The Morgan fingerprint density at radius 2 is 1.84 bits per heavy atom. The predicted octanol–water partition coefficient (Wildman–Crippen LogP) is 6.74. The van der Waals surface area contributed by atoms with Gasteiger partial charge in [0.2, 0.25) is 0 Å². The number of piperidine rings is 1. The summed E-state index contributed by atoms with van der Waals surface area (Å²) in [6, 6.07) is 6.70. The minimum atomic E-state index is -1.00. The minimum Gasteiger partial charge on any atom is -0.508 e. The van der Waals surface area contributed by atoms with Gasteiger partial charge in [0.25, 0.3) is 0 Å². The SMILES string of the molecule is CCc1c(F)ccc2cc(O)cc(-c3c(F)cc4c(N5CCC[C@@](C)(O)C5)nc(OC[C@@]56CCCN5C[C@H](C)C6)nc4c3F)c12. The normalized spacial score (nSPS) is 25.4. The molecule has 7 rings (SSSR count). The van der Waals surface area contributed by atoms with Crippen molar-refractivity contribution in [1.29, 1.82) is 0 Å². The Bertz CT molecular complexity index is 1820. The highest BCUT2D eigenvalue weighted by Gasteiger charge is 2.48. The highest BCUT2D eigenvalue weighted by atomic mass is 19.1. The van der Waals surface area contributed by atoms with E-state index in [0.717, 1.165) is 32.4 Å². The van der Waals surface area contributed by atoms with E-state index in [1.165, 1.54) is 30.3 Å².